The Kier molecular flexibility index (Phi) is 6.98. The van der Waals surface area contributed by atoms with Gasteiger partial charge in [-0.05, 0) is 55.1 Å². The van der Waals surface area contributed by atoms with Crippen LogP contribution in [-0.2, 0) is 0 Å². The Hall–Kier alpha value is 1.38. The largest absolute Gasteiger partial charge is 0.166 e. The highest BCUT2D eigenvalue weighted by Crippen LogP contribution is 2.59. The van der Waals surface area contributed by atoms with Gasteiger partial charge in [-0.15, -0.1) is 34.8 Å². The molecule has 0 N–H and O–H groups in total. The van der Waals surface area contributed by atoms with Crippen molar-refractivity contribution in [1.82, 2.24) is 0 Å². The number of alkyl halides is 3. The normalized spacial score (nSPS) is 45.4. The Morgan fingerprint density at radius 1 is 0.522 bits per heavy atom. The molecule has 3 saturated carbocycles. The third kappa shape index (κ3) is 4.38. The van der Waals surface area contributed by atoms with Gasteiger partial charge in [-0.1, -0.05) is 38.5 Å². The van der Waals surface area contributed by atoms with Crippen molar-refractivity contribution in [3.63, 3.8) is 0 Å². The second kappa shape index (κ2) is 8.38. The summed E-state index contributed by atoms with van der Waals surface area (Å²) in [5.41, 5.74) is 2.04. The fourth-order valence-electron chi connectivity index (χ4n) is 5.60. The minimum atomic E-state index is -1.95. The van der Waals surface area contributed by atoms with Crippen LogP contribution in [0.4, 0.5) is 0 Å². The van der Waals surface area contributed by atoms with Gasteiger partial charge in [0.2, 0.25) is 0 Å². The maximum Gasteiger partial charge on any atom is 0.165 e. The summed E-state index contributed by atoms with van der Waals surface area (Å²) in [6.45, 7) is 0. The lowest BCUT2D eigenvalue weighted by atomic mass is 9.98. The minimum Gasteiger partial charge on any atom is -0.166 e. The summed E-state index contributed by atoms with van der Waals surface area (Å²) in [4.78, 5) is 0. The average molecular weight is 416 g/mol. The first-order valence-electron chi connectivity index (χ1n) is 9.61. The zero-order chi connectivity index (χ0) is 16.4. The van der Waals surface area contributed by atoms with Crippen molar-refractivity contribution in [3.8, 4) is 0 Å². The van der Waals surface area contributed by atoms with Crippen LogP contribution in [0.15, 0.2) is 0 Å². The first-order chi connectivity index (χ1) is 11.0. The lowest BCUT2D eigenvalue weighted by molar-refractivity contribution is 0.430. The Morgan fingerprint density at radius 3 is 1.09 bits per heavy atom. The van der Waals surface area contributed by atoms with Crippen LogP contribution in [0.25, 0.3) is 0 Å². The van der Waals surface area contributed by atoms with Crippen LogP contribution in [-0.4, -0.2) is 23.5 Å². The van der Waals surface area contributed by atoms with Crippen LogP contribution >= 0.6 is 45.9 Å². The molecule has 0 aromatic carbocycles. The van der Waals surface area contributed by atoms with E-state index < -0.39 is 7.38 Å². The van der Waals surface area contributed by atoms with E-state index in [2.05, 4.69) is 0 Å². The predicted molar refractivity (Wildman–Crippen MR) is 107 cm³/mol. The lowest BCUT2D eigenvalue weighted by Crippen LogP contribution is -2.48. The SMILES string of the molecule is ClC1CCCC([Si](Cl)(C2CCCC(Cl)C2)C2CCCC(Cl)C2)C1. The smallest absolute Gasteiger partial charge is 0.165 e. The molecule has 0 amide bonds. The van der Waals surface area contributed by atoms with E-state index in [9.17, 15) is 0 Å². The highest BCUT2D eigenvalue weighted by molar-refractivity contribution is 7.22. The summed E-state index contributed by atoms with van der Waals surface area (Å²) in [7, 11) is -1.95. The third-order valence-corrected chi connectivity index (χ3v) is 16.0. The maximum atomic E-state index is 7.73. The molecule has 0 saturated heterocycles. The molecule has 6 unspecified atom stereocenters. The highest BCUT2D eigenvalue weighted by Gasteiger charge is 2.54. The van der Waals surface area contributed by atoms with Gasteiger partial charge in [0.25, 0.3) is 0 Å². The quantitative estimate of drug-likeness (QED) is 0.250. The van der Waals surface area contributed by atoms with Crippen LogP contribution in [0.3, 0.4) is 0 Å². The van der Waals surface area contributed by atoms with E-state index in [0.717, 1.165) is 19.3 Å². The molecule has 0 bridgehead atoms. The van der Waals surface area contributed by atoms with Gasteiger partial charge in [0.1, 0.15) is 0 Å². The summed E-state index contributed by atoms with van der Waals surface area (Å²) in [6, 6.07) is 0. The van der Waals surface area contributed by atoms with Gasteiger partial charge in [-0.3, -0.25) is 0 Å². The zero-order valence-corrected chi connectivity index (χ0v) is 18.0. The minimum absolute atomic E-state index is 0.338. The molecule has 0 aromatic rings. The lowest BCUT2D eigenvalue weighted by Gasteiger charge is -2.50. The van der Waals surface area contributed by atoms with Crippen molar-refractivity contribution in [2.24, 2.45) is 0 Å². The fourth-order valence-corrected chi connectivity index (χ4v) is 14.8. The van der Waals surface area contributed by atoms with E-state index in [-0.39, 0.29) is 0 Å². The van der Waals surface area contributed by atoms with Crippen molar-refractivity contribution in [2.75, 3.05) is 0 Å². The van der Waals surface area contributed by atoms with Gasteiger partial charge in [0.15, 0.2) is 7.38 Å². The van der Waals surface area contributed by atoms with Gasteiger partial charge in [-0.25, -0.2) is 0 Å². The fraction of sp³-hybridized carbons (Fsp3) is 1.00. The predicted octanol–water partition coefficient (Wildman–Crippen LogP) is 7.83. The number of hydrogen-bond acceptors (Lipinski definition) is 0. The molecule has 0 aliphatic heterocycles. The molecule has 0 nitrogen and oxygen atoms in total. The van der Waals surface area contributed by atoms with Gasteiger partial charge in [-0.2, -0.15) is 11.1 Å². The Labute approximate surface area is 162 Å². The Balaban J connectivity index is 1.84. The molecule has 0 radical (unpaired) electrons. The molecule has 23 heavy (non-hydrogen) atoms. The molecule has 3 fully saturated rings. The van der Waals surface area contributed by atoms with E-state index in [1.165, 1.54) is 57.8 Å². The van der Waals surface area contributed by atoms with Crippen molar-refractivity contribution < 1.29 is 0 Å². The van der Waals surface area contributed by atoms with Crippen LogP contribution in [0, 0.1) is 0 Å². The second-order valence-corrected chi connectivity index (χ2v) is 16.1. The van der Waals surface area contributed by atoms with Gasteiger partial charge >= 0.3 is 0 Å². The Morgan fingerprint density at radius 2 is 0.826 bits per heavy atom. The molecule has 0 aromatic heterocycles. The van der Waals surface area contributed by atoms with E-state index in [0.29, 0.717) is 32.8 Å². The number of rotatable bonds is 3. The molecule has 134 valence electrons. The van der Waals surface area contributed by atoms with Crippen molar-refractivity contribution in [3.05, 3.63) is 0 Å². The molecular formula is C18H30Cl4Si. The summed E-state index contributed by atoms with van der Waals surface area (Å²) >= 11 is 27.4. The van der Waals surface area contributed by atoms with E-state index in [1.54, 1.807) is 0 Å². The molecule has 5 heteroatoms. The molecular weight excluding hydrogens is 386 g/mol. The topological polar surface area (TPSA) is 0 Å². The van der Waals surface area contributed by atoms with Crippen LogP contribution in [0.5, 0.6) is 0 Å². The molecule has 3 aliphatic carbocycles. The standard InChI is InChI=1S/C18H30Cl4Si/c19-13-4-1-7-16(10-13)23(22,17-8-2-5-14(20)11-17)18-9-3-6-15(21)12-18/h13-18H,1-12H2. The summed E-state index contributed by atoms with van der Waals surface area (Å²) < 4.78 is 0. The second-order valence-electron chi connectivity index (χ2n) is 8.21. The van der Waals surface area contributed by atoms with Crippen molar-refractivity contribution in [2.45, 2.75) is 110 Å². The maximum absolute atomic E-state index is 7.73. The average Bonchev–Trinajstić information content (AvgIpc) is 2.54. The molecule has 3 rings (SSSR count). The number of hydrogen-bond donors (Lipinski definition) is 0. The van der Waals surface area contributed by atoms with Crippen molar-refractivity contribution in [1.29, 1.82) is 0 Å². The first kappa shape index (κ1) is 19.1. The number of halogens is 4. The van der Waals surface area contributed by atoms with E-state index in [1.807, 2.05) is 0 Å². The molecule has 6 atom stereocenters. The molecule has 0 spiro atoms. The summed E-state index contributed by atoms with van der Waals surface area (Å²) in [6.07, 6.45) is 14.6. The summed E-state index contributed by atoms with van der Waals surface area (Å²) in [5, 5.41) is 1.01. The molecule has 3 aliphatic rings. The van der Waals surface area contributed by atoms with Crippen LogP contribution < -0.4 is 0 Å². The van der Waals surface area contributed by atoms with E-state index >= 15 is 0 Å². The first-order valence-corrected chi connectivity index (χ1v) is 14.2. The third-order valence-electron chi connectivity index (χ3n) is 6.71. The highest BCUT2D eigenvalue weighted by atomic mass is 35.6. The monoisotopic (exact) mass is 414 g/mol. The summed E-state index contributed by atoms with van der Waals surface area (Å²) in [5.74, 6) is 0. The van der Waals surface area contributed by atoms with Crippen LogP contribution in [0.1, 0.15) is 77.0 Å². The van der Waals surface area contributed by atoms with Gasteiger partial charge < -0.3 is 0 Å². The van der Waals surface area contributed by atoms with Gasteiger partial charge in [0, 0.05) is 16.1 Å². The Bertz CT molecular complexity index is 336. The zero-order valence-electron chi connectivity index (χ0n) is 14.0. The molecule has 0 heterocycles. The van der Waals surface area contributed by atoms with Crippen molar-refractivity contribution >= 4 is 53.3 Å². The van der Waals surface area contributed by atoms with Crippen LogP contribution in [0.2, 0.25) is 16.6 Å². The van der Waals surface area contributed by atoms with Gasteiger partial charge in [0.05, 0.1) is 0 Å². The van der Waals surface area contributed by atoms with E-state index in [4.69, 9.17) is 45.9 Å².